The molecular weight excluding hydrogens is 146 g/mol. The van der Waals surface area contributed by atoms with E-state index in [4.69, 9.17) is 9.84 Å². The second-order valence-electron chi connectivity index (χ2n) is 2.67. The monoisotopic (exact) mass is 159 g/mol. The molecule has 1 rings (SSSR count). The van der Waals surface area contributed by atoms with E-state index >= 15 is 0 Å². The van der Waals surface area contributed by atoms with Crippen molar-refractivity contribution < 1.29 is 14.6 Å². The lowest BCUT2D eigenvalue weighted by Crippen LogP contribution is -2.51. The van der Waals surface area contributed by atoms with Crippen LogP contribution in [0.25, 0.3) is 0 Å². The van der Waals surface area contributed by atoms with Gasteiger partial charge in [-0.3, -0.25) is 4.79 Å². The van der Waals surface area contributed by atoms with Crippen LogP contribution in [0.4, 0.5) is 0 Å². The molecule has 1 saturated heterocycles. The minimum Gasteiger partial charge on any atom is -0.383 e. The summed E-state index contributed by atoms with van der Waals surface area (Å²) >= 11 is 0. The molecule has 1 aliphatic heterocycles. The average Bonchev–Trinajstić information content (AvgIpc) is 1.94. The Hall–Kier alpha value is -0.610. The second kappa shape index (κ2) is 3.69. The average molecular weight is 159 g/mol. The number of amides is 1. The molecule has 0 saturated carbocycles. The van der Waals surface area contributed by atoms with Gasteiger partial charge in [0.2, 0.25) is 5.91 Å². The van der Waals surface area contributed by atoms with E-state index < -0.39 is 6.10 Å². The second-order valence-corrected chi connectivity index (χ2v) is 2.67. The van der Waals surface area contributed by atoms with E-state index in [0.29, 0.717) is 19.6 Å². The molecule has 1 aliphatic rings. The summed E-state index contributed by atoms with van der Waals surface area (Å²) in [6, 6.07) is 0.115. The molecule has 11 heavy (non-hydrogen) atoms. The van der Waals surface area contributed by atoms with Crippen LogP contribution in [0.5, 0.6) is 0 Å². The van der Waals surface area contributed by atoms with Gasteiger partial charge in [0.1, 0.15) is 6.10 Å². The number of nitrogens with one attached hydrogen (secondary N) is 1. The van der Waals surface area contributed by atoms with Gasteiger partial charge in [-0.2, -0.15) is 0 Å². The number of rotatable bonds is 3. The van der Waals surface area contributed by atoms with Crippen molar-refractivity contribution in [3.05, 3.63) is 0 Å². The Morgan fingerprint density at radius 3 is 2.82 bits per heavy atom. The molecule has 0 aromatic rings. The molecule has 0 unspecified atom stereocenters. The van der Waals surface area contributed by atoms with Crippen molar-refractivity contribution >= 4 is 5.91 Å². The molecule has 0 aromatic heterocycles. The van der Waals surface area contributed by atoms with E-state index in [1.807, 2.05) is 0 Å². The van der Waals surface area contributed by atoms with Crippen LogP contribution in [0, 0.1) is 0 Å². The van der Waals surface area contributed by atoms with Gasteiger partial charge in [-0.05, 0) is 6.42 Å². The Kier molecular flexibility index (Phi) is 2.84. The maximum absolute atomic E-state index is 11.0. The fourth-order valence-electron chi connectivity index (χ4n) is 0.802. The molecule has 0 bridgehead atoms. The quantitative estimate of drug-likeness (QED) is 0.571. The highest BCUT2D eigenvalue weighted by atomic mass is 16.5. The number of hydrogen-bond donors (Lipinski definition) is 2. The predicted molar refractivity (Wildman–Crippen MR) is 39.0 cm³/mol. The van der Waals surface area contributed by atoms with Gasteiger partial charge in [0.15, 0.2) is 0 Å². The van der Waals surface area contributed by atoms with E-state index in [1.165, 1.54) is 0 Å². The van der Waals surface area contributed by atoms with Crippen molar-refractivity contribution in [1.82, 2.24) is 5.32 Å². The van der Waals surface area contributed by atoms with Crippen molar-refractivity contribution in [2.75, 3.05) is 13.2 Å². The molecule has 4 heteroatoms. The molecule has 0 radical (unpaired) electrons. The van der Waals surface area contributed by atoms with Crippen molar-refractivity contribution in [2.45, 2.75) is 25.5 Å². The van der Waals surface area contributed by atoms with Crippen LogP contribution in [0.3, 0.4) is 0 Å². The first kappa shape index (κ1) is 8.49. The predicted octanol–water partition coefficient (Wildman–Crippen LogP) is -0.728. The Morgan fingerprint density at radius 1 is 1.82 bits per heavy atom. The van der Waals surface area contributed by atoms with E-state index in [9.17, 15) is 4.79 Å². The van der Waals surface area contributed by atoms with Crippen molar-refractivity contribution in [2.24, 2.45) is 0 Å². The number of aliphatic hydroxyl groups is 1. The van der Waals surface area contributed by atoms with Gasteiger partial charge in [0.05, 0.1) is 19.3 Å². The fraction of sp³-hybridized carbons (Fsp3) is 0.857. The van der Waals surface area contributed by atoms with Gasteiger partial charge in [-0.25, -0.2) is 0 Å². The maximum Gasteiger partial charge on any atom is 0.249 e. The summed E-state index contributed by atoms with van der Waals surface area (Å²) in [4.78, 5) is 11.0. The zero-order valence-electron chi connectivity index (χ0n) is 6.54. The molecule has 1 fully saturated rings. The Bertz CT molecular complexity index is 145. The van der Waals surface area contributed by atoms with Gasteiger partial charge in [-0.1, -0.05) is 6.92 Å². The minimum absolute atomic E-state index is 0.115. The molecule has 0 aromatic carbocycles. The van der Waals surface area contributed by atoms with Crippen LogP contribution in [0.15, 0.2) is 0 Å². The summed E-state index contributed by atoms with van der Waals surface area (Å²) in [5.41, 5.74) is 0. The number of aliphatic hydroxyl groups excluding tert-OH is 1. The summed E-state index contributed by atoms with van der Waals surface area (Å²) in [6.07, 6.45) is -0.407. The van der Waals surface area contributed by atoms with Crippen LogP contribution in [0.1, 0.15) is 13.3 Å². The molecule has 2 N–H and O–H groups in total. The molecule has 1 amide bonds. The van der Waals surface area contributed by atoms with Gasteiger partial charge < -0.3 is 15.2 Å². The van der Waals surface area contributed by atoms with E-state index in [-0.39, 0.29) is 11.9 Å². The maximum atomic E-state index is 11.0. The third kappa shape index (κ3) is 2.17. The lowest BCUT2D eigenvalue weighted by atomic mass is 10.2. The van der Waals surface area contributed by atoms with Gasteiger partial charge >= 0.3 is 0 Å². The first-order valence-electron chi connectivity index (χ1n) is 3.80. The molecule has 4 nitrogen and oxygen atoms in total. The topological polar surface area (TPSA) is 58.6 Å². The number of carbonyl (C=O) groups excluding carboxylic acids is 1. The van der Waals surface area contributed by atoms with E-state index in [0.717, 1.165) is 0 Å². The Balaban J connectivity index is 2.19. The summed E-state index contributed by atoms with van der Waals surface area (Å²) in [5, 5.41) is 11.7. The zero-order chi connectivity index (χ0) is 8.27. The fourth-order valence-corrected chi connectivity index (χ4v) is 0.802. The van der Waals surface area contributed by atoms with Crippen molar-refractivity contribution in [3.63, 3.8) is 0 Å². The van der Waals surface area contributed by atoms with E-state index in [1.54, 1.807) is 6.92 Å². The van der Waals surface area contributed by atoms with E-state index in [2.05, 4.69) is 5.32 Å². The van der Waals surface area contributed by atoms with Gasteiger partial charge in [0, 0.05) is 0 Å². The first-order chi connectivity index (χ1) is 5.24. The lowest BCUT2D eigenvalue weighted by molar-refractivity contribution is -0.133. The first-order valence-corrected chi connectivity index (χ1v) is 3.80. The smallest absolute Gasteiger partial charge is 0.249 e. The van der Waals surface area contributed by atoms with Crippen molar-refractivity contribution in [3.8, 4) is 0 Å². The normalized spacial score (nSPS) is 20.5. The van der Waals surface area contributed by atoms with Crippen LogP contribution in [-0.2, 0) is 9.53 Å². The highest BCUT2D eigenvalue weighted by Crippen LogP contribution is 2.00. The molecule has 1 atom stereocenters. The van der Waals surface area contributed by atoms with Crippen LogP contribution < -0.4 is 5.32 Å². The van der Waals surface area contributed by atoms with Gasteiger partial charge in [0.25, 0.3) is 0 Å². The Morgan fingerprint density at radius 2 is 2.45 bits per heavy atom. The zero-order valence-corrected chi connectivity index (χ0v) is 6.54. The third-order valence-electron chi connectivity index (χ3n) is 1.67. The molecule has 0 spiro atoms. The Labute approximate surface area is 65.5 Å². The summed E-state index contributed by atoms with van der Waals surface area (Å²) in [5.74, 6) is -0.291. The van der Waals surface area contributed by atoms with Gasteiger partial charge in [-0.15, -0.1) is 0 Å². The summed E-state index contributed by atoms with van der Waals surface area (Å²) in [7, 11) is 0. The number of carbonyl (C=O) groups is 1. The highest BCUT2D eigenvalue weighted by Gasteiger charge is 2.22. The SMILES string of the molecule is CC[C@H](O)C(=O)NC1COC1. The summed E-state index contributed by atoms with van der Waals surface area (Å²) < 4.78 is 4.85. The molecular formula is C7H13NO3. The van der Waals surface area contributed by atoms with Crippen LogP contribution in [-0.4, -0.2) is 36.4 Å². The standard InChI is InChI=1S/C7H13NO3/c1-2-6(9)7(10)8-5-3-11-4-5/h5-6,9H,2-4H2,1H3,(H,8,10)/t6-/m0/s1. The van der Waals surface area contributed by atoms with Crippen molar-refractivity contribution in [1.29, 1.82) is 0 Å². The molecule has 64 valence electrons. The largest absolute Gasteiger partial charge is 0.383 e. The van der Waals surface area contributed by atoms with Crippen LogP contribution in [0.2, 0.25) is 0 Å². The number of ether oxygens (including phenoxy) is 1. The molecule has 0 aliphatic carbocycles. The number of hydrogen-bond acceptors (Lipinski definition) is 3. The summed E-state index contributed by atoms with van der Waals surface area (Å²) in [6.45, 7) is 2.91. The van der Waals surface area contributed by atoms with Crippen LogP contribution >= 0.6 is 0 Å². The minimum atomic E-state index is -0.865. The third-order valence-corrected chi connectivity index (χ3v) is 1.67. The lowest BCUT2D eigenvalue weighted by Gasteiger charge is -2.27. The highest BCUT2D eigenvalue weighted by molar-refractivity contribution is 5.80. The molecule has 1 heterocycles.